The zero-order chi connectivity index (χ0) is 10.2. The van der Waals surface area contributed by atoms with Crippen LogP contribution in [-0.4, -0.2) is 25.2 Å². The fourth-order valence-corrected chi connectivity index (χ4v) is 2.29. The predicted molar refractivity (Wildman–Crippen MR) is 51.0 cm³/mol. The molecule has 1 aliphatic carbocycles. The lowest BCUT2D eigenvalue weighted by Gasteiger charge is -2.33. The topological polar surface area (TPSA) is 51.0 Å². The summed E-state index contributed by atoms with van der Waals surface area (Å²) in [5, 5.41) is 8.09. The van der Waals surface area contributed by atoms with Crippen LogP contribution in [-0.2, 0) is 9.53 Å². The Balaban J connectivity index is 2.27. The highest BCUT2D eigenvalue weighted by Gasteiger charge is 2.52. The van der Waals surface area contributed by atoms with Crippen molar-refractivity contribution in [1.29, 1.82) is 0 Å². The molecule has 1 fully saturated rings. The van der Waals surface area contributed by atoms with Crippen molar-refractivity contribution in [2.24, 2.45) is 16.1 Å². The van der Waals surface area contributed by atoms with Gasteiger partial charge in [0.15, 0.2) is 5.54 Å². The maximum Gasteiger partial charge on any atom is 0.336 e. The molecule has 76 valence electrons. The molecule has 2 aliphatic rings. The monoisotopic (exact) mass is 194 g/mol. The van der Waals surface area contributed by atoms with Gasteiger partial charge in [-0.3, -0.25) is 0 Å². The first-order valence-electron chi connectivity index (χ1n) is 4.83. The van der Waals surface area contributed by atoms with Gasteiger partial charge in [-0.05, 0) is 19.3 Å². The van der Waals surface area contributed by atoms with Crippen LogP contribution in [0.15, 0.2) is 22.4 Å². The van der Waals surface area contributed by atoms with Crippen LogP contribution in [0.3, 0.4) is 0 Å². The number of rotatable bonds is 1. The Kier molecular flexibility index (Phi) is 2.13. The zero-order valence-electron chi connectivity index (χ0n) is 8.32. The predicted octanol–water partition coefficient (Wildman–Crippen LogP) is 1.72. The standard InChI is InChI=1S/C10H14N2O2/c1-7-3-4-10(9(13)14-2)8(5-7)6-11-12-10/h8H,1,3-6H2,2H3/t8-,10-/m1/s1. The summed E-state index contributed by atoms with van der Waals surface area (Å²) in [5.74, 6) is -0.0625. The Hall–Kier alpha value is -1.19. The molecule has 0 radical (unpaired) electrons. The van der Waals surface area contributed by atoms with E-state index in [4.69, 9.17) is 4.74 Å². The fraction of sp³-hybridized carbons (Fsp3) is 0.700. The Morgan fingerprint density at radius 3 is 3.21 bits per heavy atom. The number of nitrogens with zero attached hydrogens (tertiary/aromatic N) is 2. The number of esters is 1. The highest BCUT2D eigenvalue weighted by atomic mass is 16.5. The maximum atomic E-state index is 11.7. The molecule has 0 aromatic rings. The minimum Gasteiger partial charge on any atom is -0.467 e. The Morgan fingerprint density at radius 2 is 2.50 bits per heavy atom. The molecule has 0 bridgehead atoms. The van der Waals surface area contributed by atoms with Crippen molar-refractivity contribution in [3.05, 3.63) is 12.2 Å². The van der Waals surface area contributed by atoms with Gasteiger partial charge < -0.3 is 4.74 Å². The van der Waals surface area contributed by atoms with Crippen LogP contribution in [0.25, 0.3) is 0 Å². The number of hydrogen-bond acceptors (Lipinski definition) is 4. The lowest BCUT2D eigenvalue weighted by atomic mass is 9.72. The van der Waals surface area contributed by atoms with Crippen molar-refractivity contribution in [1.82, 2.24) is 0 Å². The number of azo groups is 1. The summed E-state index contributed by atoms with van der Waals surface area (Å²) >= 11 is 0. The summed E-state index contributed by atoms with van der Waals surface area (Å²) in [5.41, 5.74) is 0.512. The lowest BCUT2D eigenvalue weighted by molar-refractivity contribution is -0.149. The van der Waals surface area contributed by atoms with Crippen molar-refractivity contribution in [2.45, 2.75) is 24.8 Å². The molecule has 4 nitrogen and oxygen atoms in total. The van der Waals surface area contributed by atoms with Gasteiger partial charge in [0, 0.05) is 5.92 Å². The maximum absolute atomic E-state index is 11.7. The van der Waals surface area contributed by atoms with E-state index in [1.807, 2.05) is 0 Å². The molecule has 0 amide bonds. The second-order valence-electron chi connectivity index (χ2n) is 3.99. The van der Waals surface area contributed by atoms with Gasteiger partial charge in [-0.2, -0.15) is 10.2 Å². The SMILES string of the molecule is C=C1CC[C@@]2(C(=O)OC)N=NC[C@H]2C1. The second kappa shape index (κ2) is 3.19. The van der Waals surface area contributed by atoms with Crippen molar-refractivity contribution >= 4 is 5.97 Å². The number of fused-ring (bicyclic) bond motifs is 1. The third-order valence-corrected chi connectivity index (χ3v) is 3.16. The Labute approximate surface area is 83.0 Å². The highest BCUT2D eigenvalue weighted by Crippen LogP contribution is 2.43. The first-order chi connectivity index (χ1) is 6.69. The van der Waals surface area contributed by atoms with Crippen LogP contribution < -0.4 is 0 Å². The molecule has 2 atom stereocenters. The molecule has 0 saturated heterocycles. The summed E-state index contributed by atoms with van der Waals surface area (Å²) < 4.78 is 4.81. The number of carbonyl (C=O) groups excluding carboxylic acids is 1. The van der Waals surface area contributed by atoms with Crippen LogP contribution >= 0.6 is 0 Å². The van der Waals surface area contributed by atoms with Crippen LogP contribution in [0, 0.1) is 5.92 Å². The van der Waals surface area contributed by atoms with Gasteiger partial charge >= 0.3 is 5.97 Å². The number of ether oxygens (including phenoxy) is 1. The lowest BCUT2D eigenvalue weighted by Crippen LogP contribution is -2.45. The van der Waals surface area contributed by atoms with Gasteiger partial charge in [0.05, 0.1) is 13.7 Å². The molecule has 1 saturated carbocycles. The molecule has 0 aromatic heterocycles. The molecular formula is C10H14N2O2. The minimum absolute atomic E-state index is 0.177. The summed E-state index contributed by atoms with van der Waals surface area (Å²) in [6.45, 7) is 4.59. The number of hydrogen-bond donors (Lipinski definition) is 0. The van der Waals surface area contributed by atoms with E-state index >= 15 is 0 Å². The van der Waals surface area contributed by atoms with E-state index in [9.17, 15) is 4.79 Å². The van der Waals surface area contributed by atoms with E-state index in [1.165, 1.54) is 12.7 Å². The molecule has 2 rings (SSSR count). The first-order valence-corrected chi connectivity index (χ1v) is 4.83. The van der Waals surface area contributed by atoms with Gasteiger partial charge in [-0.25, -0.2) is 4.79 Å². The van der Waals surface area contributed by atoms with E-state index in [2.05, 4.69) is 16.8 Å². The summed E-state index contributed by atoms with van der Waals surface area (Å²) in [4.78, 5) is 11.7. The Bertz CT molecular complexity index is 311. The fourth-order valence-electron chi connectivity index (χ4n) is 2.29. The second-order valence-corrected chi connectivity index (χ2v) is 3.99. The molecule has 0 spiro atoms. The quantitative estimate of drug-likeness (QED) is 0.471. The summed E-state index contributed by atoms with van der Waals surface area (Å²) in [7, 11) is 1.41. The van der Waals surface area contributed by atoms with E-state index in [0.717, 1.165) is 12.8 Å². The zero-order valence-corrected chi connectivity index (χ0v) is 8.32. The van der Waals surface area contributed by atoms with E-state index in [1.54, 1.807) is 0 Å². The van der Waals surface area contributed by atoms with Gasteiger partial charge in [-0.1, -0.05) is 12.2 Å². The third-order valence-electron chi connectivity index (χ3n) is 3.16. The Morgan fingerprint density at radius 1 is 1.71 bits per heavy atom. The van der Waals surface area contributed by atoms with Crippen LogP contribution in [0.5, 0.6) is 0 Å². The first kappa shape index (κ1) is 9.37. The molecule has 0 aromatic carbocycles. The van der Waals surface area contributed by atoms with E-state index < -0.39 is 5.54 Å². The molecule has 0 N–H and O–H groups in total. The average Bonchev–Trinajstić information content (AvgIpc) is 2.60. The van der Waals surface area contributed by atoms with E-state index in [-0.39, 0.29) is 11.9 Å². The number of carbonyl (C=O) groups is 1. The summed E-state index contributed by atoms with van der Waals surface area (Å²) in [6, 6.07) is 0. The largest absolute Gasteiger partial charge is 0.467 e. The highest BCUT2D eigenvalue weighted by molar-refractivity contribution is 5.82. The van der Waals surface area contributed by atoms with Crippen LogP contribution in [0.1, 0.15) is 19.3 Å². The van der Waals surface area contributed by atoms with Gasteiger partial charge in [0.2, 0.25) is 0 Å². The average molecular weight is 194 g/mol. The number of methoxy groups -OCH3 is 1. The molecule has 1 heterocycles. The molecule has 14 heavy (non-hydrogen) atoms. The summed E-state index contributed by atoms with van der Waals surface area (Å²) in [6.07, 6.45) is 2.40. The van der Waals surface area contributed by atoms with Gasteiger partial charge in [-0.15, -0.1) is 0 Å². The molecule has 4 heteroatoms. The molecule has 0 unspecified atom stereocenters. The minimum atomic E-state index is -0.685. The van der Waals surface area contributed by atoms with Gasteiger partial charge in [0.25, 0.3) is 0 Å². The molecular weight excluding hydrogens is 180 g/mol. The van der Waals surface area contributed by atoms with Crippen LogP contribution in [0.2, 0.25) is 0 Å². The normalized spacial score (nSPS) is 35.5. The van der Waals surface area contributed by atoms with Crippen LogP contribution in [0.4, 0.5) is 0 Å². The van der Waals surface area contributed by atoms with Crippen molar-refractivity contribution < 1.29 is 9.53 Å². The van der Waals surface area contributed by atoms with Crippen molar-refractivity contribution in [3.63, 3.8) is 0 Å². The van der Waals surface area contributed by atoms with Gasteiger partial charge in [0.1, 0.15) is 0 Å². The smallest absolute Gasteiger partial charge is 0.336 e. The van der Waals surface area contributed by atoms with Crippen molar-refractivity contribution in [2.75, 3.05) is 13.7 Å². The number of allylic oxidation sites excluding steroid dienone is 1. The molecule has 1 aliphatic heterocycles. The van der Waals surface area contributed by atoms with Crippen molar-refractivity contribution in [3.8, 4) is 0 Å². The third kappa shape index (κ3) is 1.17. The van der Waals surface area contributed by atoms with E-state index in [0.29, 0.717) is 13.0 Å².